The van der Waals surface area contributed by atoms with Crippen molar-refractivity contribution in [3.63, 3.8) is 0 Å². The fourth-order valence-electron chi connectivity index (χ4n) is 1.71. The molecule has 1 aromatic rings. The fourth-order valence-corrected chi connectivity index (χ4v) is 1.71. The lowest BCUT2D eigenvalue weighted by atomic mass is 10.1. The molecule has 0 aliphatic heterocycles. The molecule has 0 aromatic heterocycles. The summed E-state index contributed by atoms with van der Waals surface area (Å²) in [5.41, 5.74) is 6.55. The number of ether oxygens (including phenoxy) is 2. The molecule has 1 aromatic carbocycles. The first-order valence-electron chi connectivity index (χ1n) is 6.37. The first-order chi connectivity index (χ1) is 9.26. The summed E-state index contributed by atoms with van der Waals surface area (Å²) in [5.74, 6) is 0.250. The highest BCUT2D eigenvalue weighted by molar-refractivity contribution is 5.79. The van der Waals surface area contributed by atoms with Crippen LogP contribution in [-0.2, 0) is 16.1 Å². The lowest BCUT2D eigenvalue weighted by molar-refractivity contribution is -0.00251. The molecule has 0 saturated carbocycles. The number of nitrogens with two attached hydrogens (primary N) is 1. The monoisotopic (exact) mass is 266 g/mol. The Hall–Kier alpha value is -1.59. The summed E-state index contributed by atoms with van der Waals surface area (Å²) >= 11 is 0. The van der Waals surface area contributed by atoms with Gasteiger partial charge in [0.1, 0.15) is 5.84 Å². The van der Waals surface area contributed by atoms with Gasteiger partial charge in [-0.25, -0.2) is 0 Å². The highest BCUT2D eigenvalue weighted by atomic mass is 16.5. The summed E-state index contributed by atoms with van der Waals surface area (Å²) in [7, 11) is 1.67. The van der Waals surface area contributed by atoms with Gasteiger partial charge in [-0.3, -0.25) is 0 Å². The molecule has 0 spiro atoms. The number of nitrogens with zero attached hydrogens (tertiary/aromatic N) is 1. The molecule has 0 aliphatic rings. The normalized spacial score (nSPS) is 13.4. The summed E-state index contributed by atoms with van der Waals surface area (Å²) in [6.07, 6.45) is 2.23. The van der Waals surface area contributed by atoms with Crippen molar-refractivity contribution in [2.75, 3.05) is 13.7 Å². The van der Waals surface area contributed by atoms with Crippen molar-refractivity contribution in [3.05, 3.63) is 35.9 Å². The summed E-state index contributed by atoms with van der Waals surface area (Å²) in [4.78, 5) is 0. The number of benzene rings is 1. The highest BCUT2D eigenvalue weighted by Gasteiger charge is 2.08. The Morgan fingerprint density at radius 1 is 1.37 bits per heavy atom. The Morgan fingerprint density at radius 3 is 2.74 bits per heavy atom. The van der Waals surface area contributed by atoms with Gasteiger partial charge in [0.25, 0.3) is 0 Å². The van der Waals surface area contributed by atoms with E-state index >= 15 is 0 Å². The second-order valence-electron chi connectivity index (χ2n) is 4.34. The Morgan fingerprint density at radius 2 is 2.11 bits per heavy atom. The molecule has 5 nitrogen and oxygen atoms in total. The predicted molar refractivity (Wildman–Crippen MR) is 74.2 cm³/mol. The van der Waals surface area contributed by atoms with E-state index in [0.29, 0.717) is 19.6 Å². The van der Waals surface area contributed by atoms with E-state index in [9.17, 15) is 0 Å². The minimum Gasteiger partial charge on any atom is -0.409 e. The molecule has 19 heavy (non-hydrogen) atoms. The zero-order valence-electron chi connectivity index (χ0n) is 11.3. The summed E-state index contributed by atoms with van der Waals surface area (Å²) in [6.45, 7) is 1.13. The molecule has 1 atom stereocenters. The lowest BCUT2D eigenvalue weighted by Gasteiger charge is -2.15. The first-order valence-corrected chi connectivity index (χ1v) is 6.37. The Labute approximate surface area is 114 Å². The molecule has 0 saturated heterocycles. The molecular weight excluding hydrogens is 244 g/mol. The van der Waals surface area contributed by atoms with Crippen LogP contribution in [-0.4, -0.2) is 30.9 Å². The van der Waals surface area contributed by atoms with Gasteiger partial charge in [-0.2, -0.15) is 0 Å². The highest BCUT2D eigenvalue weighted by Crippen LogP contribution is 2.07. The van der Waals surface area contributed by atoms with Crippen LogP contribution in [0.15, 0.2) is 35.5 Å². The maximum absolute atomic E-state index is 8.43. The molecular formula is C14H22N2O3. The topological polar surface area (TPSA) is 77.1 Å². The van der Waals surface area contributed by atoms with Crippen molar-refractivity contribution in [3.8, 4) is 0 Å². The summed E-state index contributed by atoms with van der Waals surface area (Å²) in [5, 5.41) is 11.4. The van der Waals surface area contributed by atoms with Gasteiger partial charge in [0.15, 0.2) is 0 Å². The lowest BCUT2D eigenvalue weighted by Crippen LogP contribution is -2.19. The van der Waals surface area contributed by atoms with Gasteiger partial charge in [0, 0.05) is 13.5 Å². The van der Waals surface area contributed by atoms with Gasteiger partial charge in [0.2, 0.25) is 0 Å². The van der Waals surface area contributed by atoms with Crippen LogP contribution in [0.3, 0.4) is 0 Å². The van der Waals surface area contributed by atoms with Crippen LogP contribution in [0, 0.1) is 0 Å². The van der Waals surface area contributed by atoms with E-state index < -0.39 is 0 Å². The number of rotatable bonds is 9. The Balaban J connectivity index is 2.18. The molecule has 106 valence electrons. The molecule has 3 N–H and O–H groups in total. The van der Waals surface area contributed by atoms with E-state index in [2.05, 4.69) is 5.16 Å². The predicted octanol–water partition coefficient (Wildman–Crippen LogP) is 2.13. The average molecular weight is 266 g/mol. The first kappa shape index (κ1) is 15.5. The van der Waals surface area contributed by atoms with Gasteiger partial charge < -0.3 is 20.4 Å². The molecule has 0 amide bonds. The van der Waals surface area contributed by atoms with E-state index in [4.69, 9.17) is 20.4 Å². The minimum absolute atomic E-state index is 0.0372. The van der Waals surface area contributed by atoms with Gasteiger partial charge in [-0.05, 0) is 18.4 Å². The van der Waals surface area contributed by atoms with E-state index in [0.717, 1.165) is 18.4 Å². The van der Waals surface area contributed by atoms with Crippen molar-refractivity contribution in [2.24, 2.45) is 10.9 Å². The maximum Gasteiger partial charge on any atom is 0.139 e. The quantitative estimate of drug-likeness (QED) is 0.311. The number of amidine groups is 1. The second-order valence-corrected chi connectivity index (χ2v) is 4.34. The van der Waals surface area contributed by atoms with E-state index in [1.54, 1.807) is 7.11 Å². The van der Waals surface area contributed by atoms with Crippen molar-refractivity contribution < 1.29 is 14.7 Å². The van der Waals surface area contributed by atoms with Crippen molar-refractivity contribution in [1.29, 1.82) is 0 Å². The van der Waals surface area contributed by atoms with Crippen LogP contribution < -0.4 is 5.73 Å². The summed E-state index contributed by atoms with van der Waals surface area (Å²) < 4.78 is 11.0. The van der Waals surface area contributed by atoms with Gasteiger partial charge in [-0.15, -0.1) is 0 Å². The van der Waals surface area contributed by atoms with E-state index in [1.807, 2.05) is 30.3 Å². The number of methoxy groups -OCH3 is 1. The zero-order valence-corrected chi connectivity index (χ0v) is 11.3. The number of oxime groups is 1. The SMILES string of the molecule is CO[C@@H](CCC/C(N)=N/O)COCc1ccccc1. The second kappa shape index (κ2) is 9.35. The molecule has 0 aliphatic carbocycles. The third-order valence-corrected chi connectivity index (χ3v) is 2.84. The van der Waals surface area contributed by atoms with Gasteiger partial charge >= 0.3 is 0 Å². The largest absolute Gasteiger partial charge is 0.409 e. The molecule has 0 fully saturated rings. The molecule has 0 heterocycles. The molecule has 5 heteroatoms. The number of hydrogen-bond donors (Lipinski definition) is 2. The molecule has 0 unspecified atom stereocenters. The third kappa shape index (κ3) is 6.79. The van der Waals surface area contributed by atoms with Crippen LogP contribution in [0.5, 0.6) is 0 Å². The van der Waals surface area contributed by atoms with Gasteiger partial charge in [-0.1, -0.05) is 35.5 Å². The fraction of sp³-hybridized carbons (Fsp3) is 0.500. The van der Waals surface area contributed by atoms with E-state index in [-0.39, 0.29) is 11.9 Å². The standard InChI is InChI=1S/C14H22N2O3/c1-18-13(8-5-9-14(15)16-17)11-19-10-12-6-3-2-4-7-12/h2-4,6-7,13,17H,5,8-11H2,1H3,(H2,15,16)/t13-/m0/s1. The van der Waals surface area contributed by atoms with Crippen molar-refractivity contribution in [1.82, 2.24) is 0 Å². The maximum atomic E-state index is 8.43. The van der Waals surface area contributed by atoms with Crippen LogP contribution in [0.25, 0.3) is 0 Å². The Kier molecular flexibility index (Phi) is 7.62. The van der Waals surface area contributed by atoms with Crippen LogP contribution in [0.4, 0.5) is 0 Å². The minimum atomic E-state index is 0.0372. The zero-order chi connectivity index (χ0) is 13.9. The summed E-state index contributed by atoms with van der Waals surface area (Å²) in [6, 6.07) is 10.0. The Bertz CT molecular complexity index is 368. The van der Waals surface area contributed by atoms with E-state index in [1.165, 1.54) is 0 Å². The van der Waals surface area contributed by atoms with Crippen LogP contribution >= 0.6 is 0 Å². The van der Waals surface area contributed by atoms with Crippen molar-refractivity contribution in [2.45, 2.75) is 32.0 Å². The number of hydrogen-bond acceptors (Lipinski definition) is 4. The van der Waals surface area contributed by atoms with Crippen LogP contribution in [0.1, 0.15) is 24.8 Å². The molecule has 0 bridgehead atoms. The molecule has 1 rings (SSSR count). The third-order valence-electron chi connectivity index (χ3n) is 2.84. The van der Waals surface area contributed by atoms with Gasteiger partial charge in [0.05, 0.1) is 19.3 Å². The van der Waals surface area contributed by atoms with Crippen molar-refractivity contribution >= 4 is 5.84 Å². The average Bonchev–Trinajstić information content (AvgIpc) is 2.46. The smallest absolute Gasteiger partial charge is 0.139 e. The van der Waals surface area contributed by atoms with Crippen LogP contribution in [0.2, 0.25) is 0 Å². The molecule has 0 radical (unpaired) electrons.